The smallest absolute Gasteiger partial charge is 0.191 e. The van der Waals surface area contributed by atoms with E-state index in [1.165, 1.54) is 0 Å². The van der Waals surface area contributed by atoms with Crippen LogP contribution in [0.3, 0.4) is 0 Å². The third-order valence-corrected chi connectivity index (χ3v) is 3.46. The predicted molar refractivity (Wildman–Crippen MR) is 84.0 cm³/mol. The number of pyridine rings is 1. The Morgan fingerprint density at radius 1 is 1.14 bits per heavy atom. The first kappa shape index (κ1) is 13.2. The highest BCUT2D eigenvalue weighted by molar-refractivity contribution is 5.87. The van der Waals surface area contributed by atoms with Crippen molar-refractivity contribution in [2.75, 3.05) is 5.73 Å². The van der Waals surface area contributed by atoms with E-state index in [1.807, 2.05) is 38.1 Å². The zero-order valence-electron chi connectivity index (χ0n) is 11.9. The molecule has 5 heteroatoms. The lowest BCUT2D eigenvalue weighted by atomic mass is 10.0. The van der Waals surface area contributed by atoms with Gasteiger partial charge in [0.2, 0.25) is 0 Å². The number of nitrogens with zero attached hydrogens (tertiary/aromatic N) is 1. The fraction of sp³-hybridized carbons (Fsp3) is 0.125. The van der Waals surface area contributed by atoms with Crippen molar-refractivity contribution in [2.24, 2.45) is 0 Å². The molecule has 3 rings (SSSR count). The second-order valence-corrected chi connectivity index (χ2v) is 5.12. The van der Waals surface area contributed by atoms with Gasteiger partial charge >= 0.3 is 0 Å². The number of hydrogen-bond acceptors (Lipinski definition) is 3. The molecule has 0 aliphatic heterocycles. The fourth-order valence-electron chi connectivity index (χ4n) is 2.33. The van der Waals surface area contributed by atoms with Crippen LogP contribution in [0.15, 0.2) is 41.3 Å². The molecular formula is C16H16N4O. The van der Waals surface area contributed by atoms with Gasteiger partial charge in [-0.15, -0.1) is 0 Å². The van der Waals surface area contributed by atoms with E-state index in [0.29, 0.717) is 17.1 Å². The zero-order valence-corrected chi connectivity index (χ0v) is 11.9. The summed E-state index contributed by atoms with van der Waals surface area (Å²) in [7, 11) is 0. The molecule has 21 heavy (non-hydrogen) atoms. The van der Waals surface area contributed by atoms with E-state index in [1.54, 1.807) is 12.3 Å². The summed E-state index contributed by atoms with van der Waals surface area (Å²) in [6.07, 6.45) is 1.68. The largest absolute Gasteiger partial charge is 0.382 e. The van der Waals surface area contributed by atoms with Crippen LogP contribution in [0.4, 0.5) is 5.82 Å². The molecule has 0 aliphatic carbocycles. The van der Waals surface area contributed by atoms with Gasteiger partial charge < -0.3 is 10.7 Å². The molecule has 0 radical (unpaired) electrons. The van der Waals surface area contributed by atoms with Crippen LogP contribution in [-0.2, 0) is 0 Å². The standard InChI is InChI=1S/C16H16N4O/c1-9-3-5-11(6-4-9)14-15(19-20-16(14)17)12-8-18-10(2)7-13(12)21/h3-8H,1-2H3,(H,18,21)(H3,17,19,20). The number of aromatic amines is 2. The van der Waals surface area contributed by atoms with E-state index in [0.717, 1.165) is 22.4 Å². The van der Waals surface area contributed by atoms with Crippen LogP contribution in [0, 0.1) is 13.8 Å². The maximum absolute atomic E-state index is 12.2. The molecule has 1 aromatic carbocycles. The molecule has 106 valence electrons. The summed E-state index contributed by atoms with van der Waals surface area (Å²) in [5.74, 6) is 0.383. The highest BCUT2D eigenvalue weighted by Crippen LogP contribution is 2.33. The maximum Gasteiger partial charge on any atom is 0.191 e. The molecule has 0 bridgehead atoms. The molecule has 0 saturated heterocycles. The number of H-pyrrole nitrogens is 2. The average molecular weight is 280 g/mol. The van der Waals surface area contributed by atoms with Crippen LogP contribution in [0.2, 0.25) is 0 Å². The number of hydrogen-bond donors (Lipinski definition) is 3. The molecule has 3 aromatic rings. The van der Waals surface area contributed by atoms with Gasteiger partial charge in [0.25, 0.3) is 0 Å². The molecule has 4 N–H and O–H groups in total. The van der Waals surface area contributed by atoms with Crippen LogP contribution in [0.25, 0.3) is 22.4 Å². The Morgan fingerprint density at radius 2 is 1.86 bits per heavy atom. The lowest BCUT2D eigenvalue weighted by Gasteiger charge is -2.05. The van der Waals surface area contributed by atoms with E-state index in [4.69, 9.17) is 5.73 Å². The summed E-state index contributed by atoms with van der Waals surface area (Å²) in [6.45, 7) is 3.86. The SMILES string of the molecule is Cc1ccc(-c2c(N)n[nH]c2-c2c[nH]c(C)cc2=O)cc1. The van der Waals surface area contributed by atoms with Crippen LogP contribution in [0.5, 0.6) is 0 Å². The van der Waals surface area contributed by atoms with E-state index in [-0.39, 0.29) is 5.43 Å². The first-order chi connectivity index (χ1) is 10.1. The van der Waals surface area contributed by atoms with Crippen LogP contribution < -0.4 is 11.2 Å². The highest BCUT2D eigenvalue weighted by atomic mass is 16.1. The molecule has 0 amide bonds. The number of aryl methyl sites for hydroxylation is 2. The van der Waals surface area contributed by atoms with Crippen molar-refractivity contribution in [2.45, 2.75) is 13.8 Å². The van der Waals surface area contributed by atoms with Gasteiger partial charge in [0.05, 0.1) is 16.8 Å². The van der Waals surface area contributed by atoms with Crippen LogP contribution in [-0.4, -0.2) is 15.2 Å². The Labute approximate surface area is 121 Å². The summed E-state index contributed by atoms with van der Waals surface area (Å²) in [5.41, 5.74) is 10.7. The minimum absolute atomic E-state index is 0.0664. The molecule has 2 heterocycles. The third kappa shape index (κ3) is 2.33. The summed E-state index contributed by atoms with van der Waals surface area (Å²) in [4.78, 5) is 15.2. The zero-order chi connectivity index (χ0) is 15.0. The second-order valence-electron chi connectivity index (χ2n) is 5.12. The van der Waals surface area contributed by atoms with E-state index < -0.39 is 0 Å². The lowest BCUT2D eigenvalue weighted by molar-refractivity contribution is 1.09. The number of nitrogens with one attached hydrogen (secondary N) is 2. The molecule has 0 spiro atoms. The first-order valence-corrected chi connectivity index (χ1v) is 6.67. The van der Waals surface area contributed by atoms with Gasteiger partial charge in [0.15, 0.2) is 11.2 Å². The number of aromatic nitrogens is 3. The maximum atomic E-state index is 12.2. The van der Waals surface area contributed by atoms with Crippen molar-refractivity contribution in [1.29, 1.82) is 0 Å². The first-order valence-electron chi connectivity index (χ1n) is 6.67. The van der Waals surface area contributed by atoms with Gasteiger partial charge in [0.1, 0.15) is 0 Å². The molecule has 2 aromatic heterocycles. The van der Waals surface area contributed by atoms with Crippen molar-refractivity contribution < 1.29 is 0 Å². The molecule has 0 fully saturated rings. The van der Waals surface area contributed by atoms with Gasteiger partial charge in [0, 0.05) is 18.0 Å². The molecule has 5 nitrogen and oxygen atoms in total. The minimum Gasteiger partial charge on any atom is -0.382 e. The van der Waals surface area contributed by atoms with Crippen LogP contribution >= 0.6 is 0 Å². The van der Waals surface area contributed by atoms with Crippen molar-refractivity contribution >= 4 is 5.82 Å². The molecule has 0 aliphatic rings. The van der Waals surface area contributed by atoms with Gasteiger partial charge in [-0.05, 0) is 19.4 Å². The highest BCUT2D eigenvalue weighted by Gasteiger charge is 2.16. The van der Waals surface area contributed by atoms with E-state index >= 15 is 0 Å². The normalized spacial score (nSPS) is 10.8. The second kappa shape index (κ2) is 4.94. The topological polar surface area (TPSA) is 87.6 Å². The van der Waals surface area contributed by atoms with E-state index in [2.05, 4.69) is 15.2 Å². The predicted octanol–water partition coefficient (Wildman–Crippen LogP) is 2.63. The van der Waals surface area contributed by atoms with Crippen molar-refractivity contribution in [3.8, 4) is 22.4 Å². The monoisotopic (exact) mass is 280 g/mol. The Bertz CT molecular complexity index is 843. The van der Waals surface area contributed by atoms with Crippen LogP contribution in [0.1, 0.15) is 11.3 Å². The van der Waals surface area contributed by atoms with Gasteiger partial charge in [-0.1, -0.05) is 29.8 Å². The molecule has 0 unspecified atom stereocenters. The summed E-state index contributed by atoms with van der Waals surface area (Å²) in [5, 5.41) is 6.92. The molecule has 0 saturated carbocycles. The fourth-order valence-corrected chi connectivity index (χ4v) is 2.33. The van der Waals surface area contributed by atoms with Gasteiger partial charge in [-0.3, -0.25) is 9.89 Å². The van der Waals surface area contributed by atoms with Gasteiger partial charge in [-0.2, -0.15) is 5.10 Å². The summed E-state index contributed by atoms with van der Waals surface area (Å²) < 4.78 is 0. The average Bonchev–Trinajstić information content (AvgIpc) is 2.82. The van der Waals surface area contributed by atoms with Crippen molar-refractivity contribution in [1.82, 2.24) is 15.2 Å². The lowest BCUT2D eigenvalue weighted by Crippen LogP contribution is -2.06. The van der Waals surface area contributed by atoms with Crippen molar-refractivity contribution in [3.05, 3.63) is 58.0 Å². The Morgan fingerprint density at radius 3 is 2.52 bits per heavy atom. The number of anilines is 1. The Kier molecular flexibility index (Phi) is 3.10. The van der Waals surface area contributed by atoms with E-state index in [9.17, 15) is 4.79 Å². The Hall–Kier alpha value is -2.82. The number of nitrogen functional groups attached to an aromatic ring is 1. The number of rotatable bonds is 2. The number of benzene rings is 1. The summed E-state index contributed by atoms with van der Waals surface area (Å²) in [6, 6.07) is 9.52. The molecular weight excluding hydrogens is 264 g/mol. The Balaban J connectivity index is 2.21. The third-order valence-electron chi connectivity index (χ3n) is 3.46. The number of nitrogens with two attached hydrogens (primary N) is 1. The minimum atomic E-state index is -0.0664. The van der Waals surface area contributed by atoms with Crippen molar-refractivity contribution in [3.63, 3.8) is 0 Å². The summed E-state index contributed by atoms with van der Waals surface area (Å²) >= 11 is 0. The van der Waals surface area contributed by atoms with Gasteiger partial charge in [-0.25, -0.2) is 0 Å². The molecule has 0 atom stereocenters. The quantitative estimate of drug-likeness (QED) is 0.674.